The van der Waals surface area contributed by atoms with Crippen molar-refractivity contribution in [1.29, 1.82) is 0 Å². The molecule has 4 heteroatoms. The minimum Gasteiger partial charge on any atom is -0.305 e. The number of hydrogen-bond acceptors (Lipinski definition) is 3. The summed E-state index contributed by atoms with van der Waals surface area (Å²) >= 11 is 0. The molecule has 3 nitrogen and oxygen atoms in total. The van der Waals surface area contributed by atoms with Crippen molar-refractivity contribution in [3.05, 3.63) is 310 Å². The summed E-state index contributed by atoms with van der Waals surface area (Å²) in [5.41, 5.74) is 25.1. The molecule has 0 radical (unpaired) electrons. The van der Waals surface area contributed by atoms with Gasteiger partial charge in [0.05, 0.1) is 5.69 Å². The van der Waals surface area contributed by atoms with Crippen LogP contribution in [0.1, 0.15) is 0 Å². The molecule has 13 rings (SSSR count). The van der Waals surface area contributed by atoms with Crippen molar-refractivity contribution in [3.63, 3.8) is 0 Å². The van der Waals surface area contributed by atoms with Gasteiger partial charge in [-0.2, -0.15) is 0 Å². The largest absolute Gasteiger partial charge is 3.00 e. The summed E-state index contributed by atoms with van der Waals surface area (Å²) in [7, 11) is 0. The van der Waals surface area contributed by atoms with Gasteiger partial charge < -0.3 is 9.97 Å². The third kappa shape index (κ3) is 10.6. The van der Waals surface area contributed by atoms with Crippen molar-refractivity contribution in [2.45, 2.75) is 0 Å². The molecule has 10 aromatic carbocycles. The van der Waals surface area contributed by atoms with E-state index < -0.39 is 0 Å². The van der Waals surface area contributed by atoms with E-state index in [0.717, 1.165) is 128 Å². The first-order valence-electron chi connectivity index (χ1n) is 26.2. The Hall–Kier alpha value is -9.70. The molecule has 3 aromatic heterocycles. The van der Waals surface area contributed by atoms with Crippen molar-refractivity contribution in [2.24, 2.45) is 0 Å². The average molecular weight is 1180 g/mol. The monoisotopic (exact) mass is 1180 g/mol. The summed E-state index contributed by atoms with van der Waals surface area (Å²) in [6, 6.07) is 109. The quantitative estimate of drug-likeness (QED) is 0.114. The first-order valence-corrected chi connectivity index (χ1v) is 26.2. The van der Waals surface area contributed by atoms with Crippen molar-refractivity contribution < 1.29 is 20.1 Å². The van der Waals surface area contributed by atoms with Crippen LogP contribution in [0.2, 0.25) is 0 Å². The molecule has 372 valence electrons. The predicted octanol–water partition coefficient (Wildman–Crippen LogP) is 19.3. The molecule has 0 fully saturated rings. The van der Waals surface area contributed by atoms with Crippen molar-refractivity contribution >= 4 is 0 Å². The van der Waals surface area contributed by atoms with Crippen molar-refractivity contribution in [1.82, 2.24) is 15.0 Å². The van der Waals surface area contributed by atoms with Crippen LogP contribution in [-0.2, 0) is 20.1 Å². The van der Waals surface area contributed by atoms with E-state index in [0.29, 0.717) is 0 Å². The Labute approximate surface area is 475 Å². The molecule has 0 aliphatic rings. The fraction of sp³-hybridized carbons (Fsp3) is 0. The van der Waals surface area contributed by atoms with Gasteiger partial charge in [0.2, 0.25) is 0 Å². The topological polar surface area (TPSA) is 38.7 Å². The number of nitrogens with zero attached hydrogens (tertiary/aromatic N) is 3. The Morgan fingerprint density at radius 3 is 1.10 bits per heavy atom. The smallest absolute Gasteiger partial charge is 0.305 e. The second-order valence-electron chi connectivity index (χ2n) is 19.2. The molecule has 13 aromatic rings. The number of pyridine rings is 3. The summed E-state index contributed by atoms with van der Waals surface area (Å²) < 4.78 is 0. The van der Waals surface area contributed by atoms with E-state index in [1.165, 1.54) is 5.56 Å². The van der Waals surface area contributed by atoms with E-state index >= 15 is 0 Å². The molecule has 0 spiro atoms. The molecule has 0 saturated carbocycles. The zero-order valence-electron chi connectivity index (χ0n) is 42.9. The van der Waals surface area contributed by atoms with Crippen LogP contribution in [0, 0.1) is 18.2 Å². The van der Waals surface area contributed by atoms with Crippen LogP contribution < -0.4 is 0 Å². The van der Waals surface area contributed by atoms with Gasteiger partial charge in [-0.15, -0.1) is 83.4 Å². The fourth-order valence-electron chi connectivity index (χ4n) is 10.5. The first-order chi connectivity index (χ1) is 38.7. The van der Waals surface area contributed by atoms with E-state index in [1.807, 2.05) is 54.9 Å². The second-order valence-corrected chi connectivity index (χ2v) is 19.2. The Kier molecular flexibility index (Phi) is 14.5. The van der Waals surface area contributed by atoms with Crippen LogP contribution in [0.15, 0.2) is 291 Å². The van der Waals surface area contributed by atoms with Crippen LogP contribution in [-0.4, -0.2) is 15.0 Å². The van der Waals surface area contributed by atoms with Crippen LogP contribution in [0.5, 0.6) is 0 Å². The van der Waals surface area contributed by atoms with E-state index in [1.54, 1.807) is 0 Å². The van der Waals surface area contributed by atoms with Gasteiger partial charge in [-0.25, -0.2) is 0 Å². The standard InChI is InChI=1S/C75H48N3.Ir/c1-3-18-52(19-4-1)53-32-34-56(35-33-53)71-51-60(75-31-17-30-74(78-75)57-20-5-2-6-21-57)44-45-70(71)69-27-12-11-26-68(69)63-49-61(66-24-9-7-22-64(66)54-36-40-58(41-37-54)72-28-13-15-46-76-72)48-62(50-63)67-25-10-8-23-65(67)55-38-42-59(43-39-55)73-29-14-16-47-77-73;/h1-40,42,45-51H;/q-3;+3. The molecule has 0 saturated heterocycles. The summed E-state index contributed by atoms with van der Waals surface area (Å²) in [6.07, 6.45) is 3.65. The minimum absolute atomic E-state index is 0. The molecule has 0 aliphatic heterocycles. The van der Waals surface area contributed by atoms with E-state index in [2.05, 4.69) is 265 Å². The summed E-state index contributed by atoms with van der Waals surface area (Å²) in [5.74, 6) is 0. The molecule has 0 unspecified atom stereocenters. The Bertz CT molecular complexity index is 4060. The Morgan fingerprint density at radius 1 is 0.215 bits per heavy atom. The van der Waals surface area contributed by atoms with Gasteiger partial charge in [-0.3, -0.25) is 4.98 Å². The van der Waals surface area contributed by atoms with Crippen LogP contribution in [0.3, 0.4) is 0 Å². The van der Waals surface area contributed by atoms with Crippen LogP contribution in [0.4, 0.5) is 0 Å². The van der Waals surface area contributed by atoms with Crippen molar-refractivity contribution in [3.8, 4) is 134 Å². The van der Waals surface area contributed by atoms with Crippen molar-refractivity contribution in [2.75, 3.05) is 0 Å². The summed E-state index contributed by atoms with van der Waals surface area (Å²) in [5, 5.41) is 0. The van der Waals surface area contributed by atoms with E-state index in [-0.39, 0.29) is 20.1 Å². The molecule has 0 aliphatic carbocycles. The average Bonchev–Trinajstić information content (AvgIpc) is 3.60. The third-order valence-corrected chi connectivity index (χ3v) is 14.4. The van der Waals surface area contributed by atoms with Gasteiger partial charge in [-0.1, -0.05) is 233 Å². The summed E-state index contributed by atoms with van der Waals surface area (Å²) in [6.45, 7) is 0. The predicted molar refractivity (Wildman–Crippen MR) is 322 cm³/mol. The number of aromatic nitrogens is 3. The first kappa shape index (κ1) is 50.1. The van der Waals surface area contributed by atoms with E-state index in [9.17, 15) is 0 Å². The minimum atomic E-state index is 0. The molecule has 0 N–H and O–H groups in total. The Morgan fingerprint density at radius 2 is 0.608 bits per heavy atom. The number of rotatable bonds is 12. The number of benzene rings is 10. The van der Waals surface area contributed by atoms with Crippen LogP contribution in [0.25, 0.3) is 134 Å². The second kappa shape index (κ2) is 22.9. The maximum atomic E-state index is 5.20. The Balaban J connectivity index is 0.00000623. The summed E-state index contributed by atoms with van der Waals surface area (Å²) in [4.78, 5) is 14.4. The van der Waals surface area contributed by atoms with Gasteiger partial charge >= 0.3 is 20.1 Å². The zero-order chi connectivity index (χ0) is 52.0. The molecular formula is C75H48IrN3. The van der Waals surface area contributed by atoms with Gasteiger partial charge in [0.1, 0.15) is 0 Å². The van der Waals surface area contributed by atoms with Gasteiger partial charge in [0, 0.05) is 12.4 Å². The number of hydrogen-bond donors (Lipinski definition) is 0. The molecule has 0 atom stereocenters. The van der Waals surface area contributed by atoms with E-state index in [4.69, 9.17) is 4.98 Å². The van der Waals surface area contributed by atoms with Gasteiger partial charge in [0.15, 0.2) is 0 Å². The molecule has 3 heterocycles. The molecule has 0 amide bonds. The maximum Gasteiger partial charge on any atom is 3.00 e. The normalized spacial score (nSPS) is 10.9. The maximum absolute atomic E-state index is 5.20. The molecular weight excluding hydrogens is 1140 g/mol. The van der Waals surface area contributed by atoms with Gasteiger partial charge in [0.25, 0.3) is 0 Å². The van der Waals surface area contributed by atoms with Gasteiger partial charge in [-0.05, 0) is 109 Å². The fourth-order valence-corrected chi connectivity index (χ4v) is 10.5. The van der Waals surface area contributed by atoms with Crippen LogP contribution >= 0.6 is 0 Å². The third-order valence-electron chi connectivity index (χ3n) is 14.4. The molecule has 79 heavy (non-hydrogen) atoms. The SMILES string of the molecule is [Ir+3].[c-]1cc(-c2ccccc2-c2cc(-c3ccccc3-c3c[c-]c(-c4ccccn4)cc3)cc(-c3ccccc3-c3c[c-]c(-c4cccc(-c5ccccc5)n4)cc3-c3ccc(-c4ccccc4)cc3)c2)ccc1-c1ccccn1. The molecule has 0 bridgehead atoms. The zero-order valence-corrected chi connectivity index (χ0v) is 45.3.